The Hall–Kier alpha value is -1.34. The molecule has 0 aliphatic rings. The Morgan fingerprint density at radius 3 is 2.22 bits per heavy atom. The number of alkyl carbamates (subject to hydrolysis) is 1. The first-order chi connectivity index (χ1) is 8.10. The number of hydrogen-bond donors (Lipinski definition) is 4. The van der Waals surface area contributed by atoms with E-state index in [9.17, 15) is 9.59 Å². The molecular weight excluding hydrogens is 238 g/mol. The molecule has 6 N–H and O–H groups in total. The highest BCUT2D eigenvalue weighted by Crippen LogP contribution is 2.12. The summed E-state index contributed by atoms with van der Waals surface area (Å²) in [6, 6.07) is 0. The molecule has 1 atom stereocenters. The van der Waals surface area contributed by atoms with E-state index in [2.05, 4.69) is 5.32 Å². The number of aliphatic carboxylic acids is 1. The zero-order valence-corrected chi connectivity index (χ0v) is 11.2. The number of hydrogen-bond acceptors (Lipinski definition) is 5. The highest BCUT2D eigenvalue weighted by atomic mass is 16.6. The number of unbranched alkanes of at least 4 members (excludes halogenated alkanes) is 1. The Balaban J connectivity index is 4.51. The number of carbonyl (C=O) groups is 2. The summed E-state index contributed by atoms with van der Waals surface area (Å²) in [4.78, 5) is 22.6. The third-order valence-electron chi connectivity index (χ3n) is 2.13. The van der Waals surface area contributed by atoms with E-state index in [0.717, 1.165) is 0 Å². The zero-order valence-electron chi connectivity index (χ0n) is 11.2. The van der Waals surface area contributed by atoms with E-state index in [-0.39, 0.29) is 6.42 Å². The van der Waals surface area contributed by atoms with Gasteiger partial charge in [-0.3, -0.25) is 11.1 Å². The van der Waals surface area contributed by atoms with Crippen LogP contribution in [0.5, 0.6) is 0 Å². The smallest absolute Gasteiger partial charge is 0.409 e. The molecule has 0 spiro atoms. The minimum atomic E-state index is -1.82. The van der Waals surface area contributed by atoms with Gasteiger partial charge in [0.1, 0.15) is 5.60 Å². The Labute approximate surface area is 107 Å². The van der Waals surface area contributed by atoms with Gasteiger partial charge in [0, 0.05) is 0 Å². The lowest BCUT2D eigenvalue weighted by Gasteiger charge is -2.28. The van der Waals surface area contributed by atoms with Crippen LogP contribution in [-0.2, 0) is 9.53 Å². The molecule has 1 amide bonds. The molecule has 0 saturated carbocycles. The second kappa shape index (κ2) is 6.55. The number of carbonyl (C=O) groups excluding carboxylic acids is 1. The van der Waals surface area contributed by atoms with Crippen LogP contribution in [0.15, 0.2) is 0 Å². The van der Waals surface area contributed by atoms with Crippen LogP contribution in [0.3, 0.4) is 0 Å². The van der Waals surface area contributed by atoms with E-state index in [0.29, 0.717) is 19.4 Å². The van der Waals surface area contributed by atoms with Gasteiger partial charge < -0.3 is 15.6 Å². The summed E-state index contributed by atoms with van der Waals surface area (Å²) < 4.78 is 4.97. The lowest BCUT2D eigenvalue weighted by Crippen LogP contribution is -2.62. The minimum Gasteiger partial charge on any atom is -0.478 e. The first-order valence-corrected chi connectivity index (χ1v) is 5.84. The highest BCUT2D eigenvalue weighted by molar-refractivity contribution is 5.83. The van der Waals surface area contributed by atoms with Crippen LogP contribution in [0, 0.1) is 0 Å². The molecule has 0 aromatic heterocycles. The molecule has 0 aromatic carbocycles. The number of nitrogens with one attached hydrogen (secondary N) is 1. The van der Waals surface area contributed by atoms with E-state index in [1.54, 1.807) is 20.8 Å². The fourth-order valence-electron chi connectivity index (χ4n) is 1.26. The highest BCUT2D eigenvalue weighted by Gasteiger charge is 2.36. The quantitative estimate of drug-likeness (QED) is 0.404. The zero-order chi connectivity index (χ0) is 14.4. The molecule has 18 heavy (non-hydrogen) atoms. The number of rotatable bonds is 6. The summed E-state index contributed by atoms with van der Waals surface area (Å²) in [5, 5.41) is 11.2. The number of nitrogens with two attached hydrogens (primary N) is 2. The molecule has 0 heterocycles. The van der Waals surface area contributed by atoms with Crippen molar-refractivity contribution in [1.29, 1.82) is 0 Å². The third kappa shape index (κ3) is 6.41. The summed E-state index contributed by atoms with van der Waals surface area (Å²) in [6.07, 6.45) is 0.399. The average molecular weight is 261 g/mol. The van der Waals surface area contributed by atoms with E-state index in [1.165, 1.54) is 0 Å². The van der Waals surface area contributed by atoms with Crippen molar-refractivity contribution in [1.82, 2.24) is 5.32 Å². The Morgan fingerprint density at radius 2 is 1.83 bits per heavy atom. The lowest BCUT2D eigenvalue weighted by molar-refractivity contribution is -0.145. The van der Waals surface area contributed by atoms with E-state index in [1.807, 2.05) is 0 Å². The van der Waals surface area contributed by atoms with Gasteiger partial charge in [-0.2, -0.15) is 0 Å². The second-order valence-electron chi connectivity index (χ2n) is 5.15. The maximum Gasteiger partial charge on any atom is 0.409 e. The van der Waals surface area contributed by atoms with Crippen LogP contribution < -0.4 is 16.8 Å². The molecule has 0 unspecified atom stereocenters. The van der Waals surface area contributed by atoms with E-state index < -0.39 is 23.3 Å². The van der Waals surface area contributed by atoms with Gasteiger partial charge in [-0.05, 0) is 46.6 Å². The molecule has 7 nitrogen and oxygen atoms in total. The van der Waals surface area contributed by atoms with Gasteiger partial charge in [-0.15, -0.1) is 0 Å². The number of ether oxygens (including phenoxy) is 1. The predicted molar refractivity (Wildman–Crippen MR) is 66.8 cm³/mol. The van der Waals surface area contributed by atoms with Crippen molar-refractivity contribution in [3.63, 3.8) is 0 Å². The van der Waals surface area contributed by atoms with Crippen LogP contribution in [-0.4, -0.2) is 35.0 Å². The van der Waals surface area contributed by atoms with E-state index in [4.69, 9.17) is 21.3 Å². The van der Waals surface area contributed by atoms with Crippen molar-refractivity contribution >= 4 is 12.1 Å². The molecule has 0 rings (SSSR count). The fourth-order valence-corrected chi connectivity index (χ4v) is 1.26. The van der Waals surface area contributed by atoms with Gasteiger partial charge in [0.2, 0.25) is 0 Å². The Bertz CT molecular complexity index is 301. The fraction of sp³-hybridized carbons (Fsp3) is 0.818. The van der Waals surface area contributed by atoms with Gasteiger partial charge in [-0.1, -0.05) is 0 Å². The molecule has 0 aromatic rings. The van der Waals surface area contributed by atoms with Crippen LogP contribution in [0.25, 0.3) is 0 Å². The van der Waals surface area contributed by atoms with Crippen molar-refractivity contribution in [2.45, 2.75) is 51.3 Å². The molecule has 0 aliphatic carbocycles. The molecule has 0 aliphatic heterocycles. The summed E-state index contributed by atoms with van der Waals surface area (Å²) in [7, 11) is 0. The first kappa shape index (κ1) is 16.7. The van der Waals surface area contributed by atoms with E-state index >= 15 is 0 Å². The predicted octanol–water partition coefficient (Wildman–Crippen LogP) is 0.380. The lowest BCUT2D eigenvalue weighted by atomic mass is 10.0. The number of carboxylic acid groups (broad SMARTS) is 1. The molecule has 0 radical (unpaired) electrons. The van der Waals surface area contributed by atoms with Gasteiger partial charge in [0.25, 0.3) is 0 Å². The van der Waals surface area contributed by atoms with Gasteiger partial charge in [0.15, 0.2) is 5.66 Å². The second-order valence-corrected chi connectivity index (χ2v) is 5.15. The molecule has 0 saturated heterocycles. The van der Waals surface area contributed by atoms with Crippen LogP contribution >= 0.6 is 0 Å². The molecule has 0 fully saturated rings. The topological polar surface area (TPSA) is 128 Å². The van der Waals surface area contributed by atoms with Crippen molar-refractivity contribution in [3.8, 4) is 0 Å². The van der Waals surface area contributed by atoms with Crippen LogP contribution in [0.1, 0.15) is 40.0 Å². The minimum absolute atomic E-state index is 0.0960. The Kier molecular flexibility index (Phi) is 6.07. The number of carboxylic acids is 1. The summed E-state index contributed by atoms with van der Waals surface area (Å²) in [5.41, 5.74) is 8.44. The number of amides is 1. The summed E-state index contributed by atoms with van der Waals surface area (Å²) in [6.45, 7) is 5.49. The van der Waals surface area contributed by atoms with Crippen molar-refractivity contribution in [2.24, 2.45) is 11.5 Å². The standard InChI is InChI=1S/C11H23N3O4/c1-10(2,3)18-9(17)14-11(13,8(15)16)6-4-5-7-12/h4-7,12-13H2,1-3H3,(H,14,17)(H,15,16)/t11-/m0/s1. The average Bonchev–Trinajstić information content (AvgIpc) is 2.14. The normalized spacial score (nSPS) is 14.7. The van der Waals surface area contributed by atoms with Crippen LogP contribution in [0.4, 0.5) is 4.79 Å². The maximum atomic E-state index is 11.5. The summed E-state index contributed by atoms with van der Waals surface area (Å²) >= 11 is 0. The van der Waals surface area contributed by atoms with Crippen LogP contribution in [0.2, 0.25) is 0 Å². The maximum absolute atomic E-state index is 11.5. The third-order valence-corrected chi connectivity index (χ3v) is 2.13. The molecular formula is C11H23N3O4. The van der Waals surface area contributed by atoms with Crippen molar-refractivity contribution < 1.29 is 19.4 Å². The SMILES string of the molecule is CC(C)(C)OC(=O)N[C@@](N)(CCCCN)C(=O)O. The molecule has 0 bridgehead atoms. The monoisotopic (exact) mass is 261 g/mol. The largest absolute Gasteiger partial charge is 0.478 e. The van der Waals surface area contributed by atoms with Gasteiger partial charge in [0.05, 0.1) is 0 Å². The van der Waals surface area contributed by atoms with Gasteiger partial charge in [-0.25, -0.2) is 9.59 Å². The Morgan fingerprint density at radius 1 is 1.28 bits per heavy atom. The molecule has 106 valence electrons. The van der Waals surface area contributed by atoms with Gasteiger partial charge >= 0.3 is 12.1 Å². The molecule has 7 heteroatoms. The van der Waals surface area contributed by atoms with Crippen molar-refractivity contribution in [2.75, 3.05) is 6.54 Å². The first-order valence-electron chi connectivity index (χ1n) is 5.84. The summed E-state index contributed by atoms with van der Waals surface area (Å²) in [5.74, 6) is -1.30. The van der Waals surface area contributed by atoms with Crippen molar-refractivity contribution in [3.05, 3.63) is 0 Å².